The minimum absolute atomic E-state index is 0.0447. The van der Waals surface area contributed by atoms with Gasteiger partial charge in [-0.1, -0.05) is 28.8 Å². The summed E-state index contributed by atoms with van der Waals surface area (Å²) in [4.78, 5) is 14.9. The number of hydrogen-bond donors (Lipinski definition) is 0. The van der Waals surface area contributed by atoms with E-state index in [-0.39, 0.29) is 11.9 Å². The molecule has 1 saturated carbocycles. The van der Waals surface area contributed by atoms with Gasteiger partial charge in [0.2, 0.25) is 0 Å². The van der Waals surface area contributed by atoms with Gasteiger partial charge >= 0.3 is 0 Å². The van der Waals surface area contributed by atoms with Crippen LogP contribution in [0, 0.1) is 0 Å². The second-order valence-corrected chi connectivity index (χ2v) is 6.82. The van der Waals surface area contributed by atoms with Gasteiger partial charge in [0.25, 0.3) is 5.91 Å². The Balaban J connectivity index is 1.77. The van der Waals surface area contributed by atoms with E-state index in [1.807, 2.05) is 24.1 Å². The van der Waals surface area contributed by atoms with Crippen molar-refractivity contribution in [1.82, 2.24) is 4.90 Å². The number of rotatable bonds is 2. The van der Waals surface area contributed by atoms with Gasteiger partial charge in [0, 0.05) is 23.5 Å². The van der Waals surface area contributed by atoms with Crippen LogP contribution in [0.4, 0.5) is 0 Å². The lowest BCUT2D eigenvalue weighted by Crippen LogP contribution is -2.44. The van der Waals surface area contributed by atoms with E-state index >= 15 is 0 Å². The first kappa shape index (κ1) is 14.7. The highest BCUT2D eigenvalue weighted by Crippen LogP contribution is 2.32. The molecule has 1 fully saturated rings. The summed E-state index contributed by atoms with van der Waals surface area (Å²) in [7, 11) is 1.89. The number of fused-ring (bicyclic) bond motifs is 1. The molecule has 114 valence electrons. The summed E-state index contributed by atoms with van der Waals surface area (Å²) in [5.41, 5.74) is 0.659. The fourth-order valence-corrected chi connectivity index (χ4v) is 3.98. The van der Waals surface area contributed by atoms with Crippen molar-refractivity contribution in [3.8, 4) is 11.5 Å². The molecule has 2 aliphatic rings. The molecule has 0 bridgehead atoms. The van der Waals surface area contributed by atoms with Crippen molar-refractivity contribution in [1.29, 1.82) is 0 Å². The first-order valence-electron chi connectivity index (χ1n) is 7.47. The zero-order valence-electron chi connectivity index (χ0n) is 12.2. The minimum Gasteiger partial charge on any atom is -0.486 e. The molecule has 0 spiro atoms. The van der Waals surface area contributed by atoms with Crippen LogP contribution in [0.3, 0.4) is 0 Å². The van der Waals surface area contributed by atoms with Gasteiger partial charge in [-0.05, 0) is 31.0 Å². The molecule has 1 aliphatic carbocycles. The minimum atomic E-state index is 0.0447. The first-order valence-corrected chi connectivity index (χ1v) is 8.39. The van der Waals surface area contributed by atoms with E-state index in [1.54, 1.807) is 6.07 Å². The quantitative estimate of drug-likeness (QED) is 0.766. The molecule has 1 amide bonds. The molecular formula is C16H20BrNO3. The summed E-state index contributed by atoms with van der Waals surface area (Å²) in [5, 5.41) is 0. The van der Waals surface area contributed by atoms with Crippen molar-refractivity contribution >= 4 is 21.8 Å². The van der Waals surface area contributed by atoms with Crippen molar-refractivity contribution in [3.63, 3.8) is 0 Å². The first-order chi connectivity index (χ1) is 10.2. The van der Waals surface area contributed by atoms with Crippen LogP contribution in [0.15, 0.2) is 18.2 Å². The zero-order valence-corrected chi connectivity index (χ0v) is 13.8. The Morgan fingerprint density at radius 2 is 1.90 bits per heavy atom. The number of carbonyl (C=O) groups is 1. The van der Waals surface area contributed by atoms with Gasteiger partial charge < -0.3 is 14.4 Å². The van der Waals surface area contributed by atoms with Crippen molar-refractivity contribution in [2.24, 2.45) is 0 Å². The molecule has 1 aromatic carbocycles. The third-order valence-electron chi connectivity index (χ3n) is 4.25. The van der Waals surface area contributed by atoms with Crippen molar-refractivity contribution in [3.05, 3.63) is 23.8 Å². The van der Waals surface area contributed by atoms with Crippen LogP contribution in [-0.2, 0) is 0 Å². The highest BCUT2D eigenvalue weighted by molar-refractivity contribution is 9.09. The fourth-order valence-electron chi connectivity index (χ4n) is 3.03. The Hall–Kier alpha value is -1.23. The summed E-state index contributed by atoms with van der Waals surface area (Å²) in [5.74, 6) is 1.43. The number of nitrogens with zero attached hydrogens (tertiary/aromatic N) is 1. The van der Waals surface area contributed by atoms with Crippen LogP contribution in [-0.4, -0.2) is 41.9 Å². The lowest BCUT2D eigenvalue weighted by Gasteiger charge is -2.35. The Bertz CT molecular complexity index is 534. The van der Waals surface area contributed by atoms with E-state index < -0.39 is 0 Å². The van der Waals surface area contributed by atoms with E-state index in [1.165, 1.54) is 12.8 Å². The summed E-state index contributed by atoms with van der Waals surface area (Å²) >= 11 is 3.72. The highest BCUT2D eigenvalue weighted by atomic mass is 79.9. The van der Waals surface area contributed by atoms with E-state index in [0.717, 1.165) is 18.6 Å². The van der Waals surface area contributed by atoms with Gasteiger partial charge in [-0.15, -0.1) is 0 Å². The maximum Gasteiger partial charge on any atom is 0.254 e. The van der Waals surface area contributed by atoms with E-state index in [9.17, 15) is 4.79 Å². The largest absolute Gasteiger partial charge is 0.486 e. The Labute approximate surface area is 133 Å². The number of halogens is 1. The Morgan fingerprint density at radius 1 is 1.19 bits per heavy atom. The molecule has 0 saturated heterocycles. The van der Waals surface area contributed by atoms with Crippen LogP contribution in [0.5, 0.6) is 11.5 Å². The summed E-state index contributed by atoms with van der Waals surface area (Å²) < 4.78 is 11.1. The molecule has 0 aromatic heterocycles. The Kier molecular flexibility index (Phi) is 4.38. The lowest BCUT2D eigenvalue weighted by molar-refractivity contribution is 0.0703. The fraction of sp³-hybridized carbons (Fsp3) is 0.562. The summed E-state index contributed by atoms with van der Waals surface area (Å²) in [6.45, 7) is 1.10. The summed E-state index contributed by atoms with van der Waals surface area (Å²) in [6.07, 6.45) is 4.61. The smallest absolute Gasteiger partial charge is 0.254 e. The zero-order chi connectivity index (χ0) is 14.8. The van der Waals surface area contributed by atoms with Crippen LogP contribution >= 0.6 is 15.9 Å². The van der Waals surface area contributed by atoms with Crippen LogP contribution in [0.25, 0.3) is 0 Å². The molecule has 1 heterocycles. The number of ether oxygens (including phenoxy) is 2. The second kappa shape index (κ2) is 6.26. The number of alkyl halides is 1. The monoisotopic (exact) mass is 353 g/mol. The van der Waals surface area contributed by atoms with Crippen molar-refractivity contribution in [2.45, 2.75) is 36.6 Å². The lowest BCUT2D eigenvalue weighted by atomic mass is 9.94. The third kappa shape index (κ3) is 3.03. The van der Waals surface area contributed by atoms with Crippen molar-refractivity contribution in [2.75, 3.05) is 20.3 Å². The second-order valence-electron chi connectivity index (χ2n) is 5.64. The molecule has 0 N–H and O–H groups in total. The number of hydrogen-bond acceptors (Lipinski definition) is 3. The predicted octanol–water partition coefficient (Wildman–Crippen LogP) is 3.24. The number of carbonyl (C=O) groups excluding carboxylic acids is 1. The molecule has 1 aromatic rings. The van der Waals surface area contributed by atoms with E-state index in [4.69, 9.17) is 9.47 Å². The third-order valence-corrected chi connectivity index (χ3v) is 5.32. The molecule has 5 heteroatoms. The van der Waals surface area contributed by atoms with Gasteiger partial charge in [-0.3, -0.25) is 4.79 Å². The molecule has 0 radical (unpaired) electrons. The summed E-state index contributed by atoms with van der Waals surface area (Å²) in [6, 6.07) is 5.69. The Morgan fingerprint density at radius 3 is 2.67 bits per heavy atom. The topological polar surface area (TPSA) is 38.8 Å². The molecule has 4 nitrogen and oxygen atoms in total. The van der Waals surface area contributed by atoms with Crippen LogP contribution in [0.1, 0.15) is 36.0 Å². The maximum atomic E-state index is 12.7. The van der Waals surface area contributed by atoms with E-state index in [2.05, 4.69) is 15.9 Å². The van der Waals surface area contributed by atoms with Gasteiger partial charge in [0.1, 0.15) is 13.2 Å². The number of amides is 1. The van der Waals surface area contributed by atoms with Crippen molar-refractivity contribution < 1.29 is 14.3 Å². The van der Waals surface area contributed by atoms with Gasteiger partial charge in [0.05, 0.1) is 0 Å². The normalized spacial score (nSPS) is 24.5. The average molecular weight is 354 g/mol. The van der Waals surface area contributed by atoms with Gasteiger partial charge in [-0.25, -0.2) is 0 Å². The predicted molar refractivity (Wildman–Crippen MR) is 84.5 cm³/mol. The molecule has 21 heavy (non-hydrogen) atoms. The maximum absolute atomic E-state index is 12.7. The van der Waals surface area contributed by atoms with Crippen LogP contribution < -0.4 is 9.47 Å². The van der Waals surface area contributed by atoms with E-state index in [0.29, 0.717) is 29.4 Å². The molecule has 2 unspecified atom stereocenters. The molecular weight excluding hydrogens is 334 g/mol. The SMILES string of the molecule is CN(C(=O)c1ccc2c(c1)OCCO2)C1CCCCC1Br. The molecule has 2 atom stereocenters. The van der Waals surface area contributed by atoms with Gasteiger partial charge in [-0.2, -0.15) is 0 Å². The average Bonchev–Trinajstić information content (AvgIpc) is 2.53. The standard InChI is InChI=1S/C16H20BrNO3/c1-18(13-5-3-2-4-12(13)17)16(19)11-6-7-14-15(10-11)21-9-8-20-14/h6-7,10,12-13H,2-5,8-9H2,1H3. The highest BCUT2D eigenvalue weighted by Gasteiger charge is 2.30. The molecule has 3 rings (SSSR count). The number of benzene rings is 1. The van der Waals surface area contributed by atoms with Crippen LogP contribution in [0.2, 0.25) is 0 Å². The molecule has 1 aliphatic heterocycles. The van der Waals surface area contributed by atoms with Gasteiger partial charge in [0.15, 0.2) is 11.5 Å².